The van der Waals surface area contributed by atoms with E-state index in [2.05, 4.69) is 19.9 Å². The average molecular weight is 201 g/mol. The summed E-state index contributed by atoms with van der Waals surface area (Å²) >= 11 is 0. The van der Waals surface area contributed by atoms with Gasteiger partial charge in [0.05, 0.1) is 6.20 Å². The van der Waals surface area contributed by atoms with E-state index in [1.54, 1.807) is 6.20 Å². The summed E-state index contributed by atoms with van der Waals surface area (Å²) in [6, 6.07) is 1.45. The molecule has 0 radical (unpaired) electrons. The van der Waals surface area contributed by atoms with Gasteiger partial charge in [-0.1, -0.05) is 0 Å². The summed E-state index contributed by atoms with van der Waals surface area (Å²) in [5, 5.41) is 0. The van der Waals surface area contributed by atoms with Gasteiger partial charge in [-0.25, -0.2) is 15.0 Å². The van der Waals surface area contributed by atoms with Gasteiger partial charge in [-0.2, -0.15) is 0 Å². The Morgan fingerprint density at radius 3 is 2.73 bits per heavy atom. The molecule has 2 aromatic rings. The Hall–Kier alpha value is -2.37. The van der Waals surface area contributed by atoms with Gasteiger partial charge in [0.1, 0.15) is 11.4 Å². The highest BCUT2D eigenvalue weighted by Gasteiger charge is 2.06. The summed E-state index contributed by atoms with van der Waals surface area (Å²) in [5.74, 6) is -0.262. The van der Waals surface area contributed by atoms with Crippen LogP contribution < -0.4 is 5.73 Å². The molecule has 74 valence electrons. The molecule has 0 atom stereocenters. The topological polar surface area (TPSA) is 94.7 Å². The Kier molecular flexibility index (Phi) is 2.32. The molecule has 0 spiro atoms. The zero-order valence-corrected chi connectivity index (χ0v) is 7.66. The quantitative estimate of drug-likeness (QED) is 0.739. The van der Waals surface area contributed by atoms with E-state index in [0.717, 1.165) is 0 Å². The number of carbonyl (C=O) groups is 1. The summed E-state index contributed by atoms with van der Waals surface area (Å²) in [5.41, 5.74) is 5.75. The summed E-state index contributed by atoms with van der Waals surface area (Å²) < 4.78 is 0. The second-order valence-electron chi connectivity index (χ2n) is 2.72. The van der Waals surface area contributed by atoms with Crippen LogP contribution in [0.1, 0.15) is 10.5 Å². The smallest absolute Gasteiger partial charge is 0.267 e. The number of nitrogens with two attached hydrogens (primary N) is 1. The molecule has 0 unspecified atom stereocenters. The van der Waals surface area contributed by atoms with Crippen LogP contribution in [-0.4, -0.2) is 25.8 Å². The fraction of sp³-hybridized carbons (Fsp3) is 0. The molecule has 1 amide bonds. The van der Waals surface area contributed by atoms with E-state index < -0.39 is 5.91 Å². The Bertz CT molecular complexity index is 485. The molecule has 0 aliphatic carbocycles. The molecule has 2 heterocycles. The zero-order valence-electron chi connectivity index (χ0n) is 7.66. The lowest BCUT2D eigenvalue weighted by atomic mass is 10.3. The Morgan fingerprint density at radius 1 is 1.20 bits per heavy atom. The Labute approximate surface area is 85.2 Å². The molecule has 15 heavy (non-hydrogen) atoms. The monoisotopic (exact) mass is 201 g/mol. The van der Waals surface area contributed by atoms with Crippen LogP contribution in [0.3, 0.4) is 0 Å². The highest BCUT2D eigenvalue weighted by Crippen LogP contribution is 2.08. The number of nitrogens with zero attached hydrogens (tertiary/aromatic N) is 4. The van der Waals surface area contributed by atoms with Gasteiger partial charge in [0.25, 0.3) is 5.91 Å². The molecule has 2 rings (SSSR count). The third-order valence-electron chi connectivity index (χ3n) is 1.70. The predicted octanol–water partition coefficient (Wildman–Crippen LogP) is 0.0325. The first-order chi connectivity index (χ1) is 7.27. The van der Waals surface area contributed by atoms with Crippen LogP contribution in [0.25, 0.3) is 11.5 Å². The van der Waals surface area contributed by atoms with E-state index in [9.17, 15) is 4.79 Å². The molecule has 2 aromatic heterocycles. The number of amides is 1. The molecule has 6 nitrogen and oxygen atoms in total. The standard InChI is InChI=1S/C9H7N5O/c10-8(15)6-1-2-13-9(14-6)7-5-11-3-4-12-7/h1-5H,(H2,10,15). The highest BCUT2D eigenvalue weighted by atomic mass is 16.1. The lowest BCUT2D eigenvalue weighted by Gasteiger charge is -1.99. The van der Waals surface area contributed by atoms with Crippen LogP contribution in [0.4, 0.5) is 0 Å². The third-order valence-corrected chi connectivity index (χ3v) is 1.70. The van der Waals surface area contributed by atoms with Crippen LogP contribution >= 0.6 is 0 Å². The van der Waals surface area contributed by atoms with Crippen LogP contribution in [0, 0.1) is 0 Å². The van der Waals surface area contributed by atoms with Crippen LogP contribution in [0.15, 0.2) is 30.9 Å². The van der Waals surface area contributed by atoms with Crippen molar-refractivity contribution in [2.45, 2.75) is 0 Å². The first-order valence-electron chi connectivity index (χ1n) is 4.16. The molecular formula is C9H7N5O. The minimum Gasteiger partial charge on any atom is -0.364 e. The van der Waals surface area contributed by atoms with Gasteiger partial charge in [0, 0.05) is 18.6 Å². The van der Waals surface area contributed by atoms with Gasteiger partial charge < -0.3 is 5.73 Å². The second kappa shape index (κ2) is 3.79. The first-order valence-corrected chi connectivity index (χ1v) is 4.16. The maximum Gasteiger partial charge on any atom is 0.267 e. The molecule has 6 heteroatoms. The Balaban J connectivity index is 2.46. The number of hydrogen-bond acceptors (Lipinski definition) is 5. The molecule has 0 saturated carbocycles. The number of primary amides is 1. The van der Waals surface area contributed by atoms with E-state index in [4.69, 9.17) is 5.73 Å². The number of carbonyl (C=O) groups excluding carboxylic acids is 1. The Morgan fingerprint density at radius 2 is 2.07 bits per heavy atom. The molecule has 0 fully saturated rings. The summed E-state index contributed by atoms with van der Waals surface area (Å²) in [6.07, 6.45) is 6.04. The van der Waals surface area contributed by atoms with Crippen LogP contribution in [-0.2, 0) is 0 Å². The van der Waals surface area contributed by atoms with E-state index in [-0.39, 0.29) is 5.69 Å². The first kappa shape index (κ1) is 9.20. The van der Waals surface area contributed by atoms with Gasteiger partial charge in [0.2, 0.25) is 0 Å². The second-order valence-corrected chi connectivity index (χ2v) is 2.72. The van der Waals surface area contributed by atoms with Crippen molar-refractivity contribution in [1.29, 1.82) is 0 Å². The summed E-state index contributed by atoms with van der Waals surface area (Å²) in [7, 11) is 0. The lowest BCUT2D eigenvalue weighted by molar-refractivity contribution is 0.0995. The van der Waals surface area contributed by atoms with Crippen molar-refractivity contribution < 1.29 is 4.79 Å². The SMILES string of the molecule is NC(=O)c1ccnc(-c2cnccn2)n1. The van der Waals surface area contributed by atoms with E-state index >= 15 is 0 Å². The van der Waals surface area contributed by atoms with Crippen molar-refractivity contribution in [2.75, 3.05) is 0 Å². The van der Waals surface area contributed by atoms with Crippen molar-refractivity contribution in [2.24, 2.45) is 5.73 Å². The van der Waals surface area contributed by atoms with Crippen molar-refractivity contribution in [3.63, 3.8) is 0 Å². The minimum absolute atomic E-state index is 0.158. The third kappa shape index (κ3) is 1.93. The fourth-order valence-electron chi connectivity index (χ4n) is 1.03. The normalized spacial score (nSPS) is 9.87. The molecule has 2 N–H and O–H groups in total. The van der Waals surface area contributed by atoms with Crippen LogP contribution in [0.2, 0.25) is 0 Å². The molecular weight excluding hydrogens is 194 g/mol. The summed E-state index contributed by atoms with van der Waals surface area (Å²) in [4.78, 5) is 26.7. The lowest BCUT2D eigenvalue weighted by Crippen LogP contribution is -2.13. The maximum absolute atomic E-state index is 10.9. The zero-order chi connectivity index (χ0) is 10.7. The number of hydrogen-bond donors (Lipinski definition) is 1. The number of aromatic nitrogens is 4. The predicted molar refractivity (Wildman–Crippen MR) is 51.6 cm³/mol. The number of rotatable bonds is 2. The molecule has 0 saturated heterocycles. The van der Waals surface area contributed by atoms with Crippen molar-refractivity contribution in [3.05, 3.63) is 36.5 Å². The van der Waals surface area contributed by atoms with Gasteiger partial charge in [-0.15, -0.1) is 0 Å². The van der Waals surface area contributed by atoms with Crippen molar-refractivity contribution in [1.82, 2.24) is 19.9 Å². The van der Waals surface area contributed by atoms with Crippen molar-refractivity contribution >= 4 is 5.91 Å². The largest absolute Gasteiger partial charge is 0.364 e. The summed E-state index contributed by atoms with van der Waals surface area (Å²) in [6.45, 7) is 0. The average Bonchev–Trinajstić information content (AvgIpc) is 2.30. The highest BCUT2D eigenvalue weighted by molar-refractivity contribution is 5.90. The van der Waals surface area contributed by atoms with Crippen LogP contribution in [0.5, 0.6) is 0 Å². The fourth-order valence-corrected chi connectivity index (χ4v) is 1.03. The van der Waals surface area contributed by atoms with E-state index in [0.29, 0.717) is 11.5 Å². The molecule has 0 aromatic carbocycles. The van der Waals surface area contributed by atoms with Crippen molar-refractivity contribution in [3.8, 4) is 11.5 Å². The molecule has 0 bridgehead atoms. The maximum atomic E-state index is 10.9. The van der Waals surface area contributed by atoms with Gasteiger partial charge in [0.15, 0.2) is 5.82 Å². The molecule has 0 aliphatic rings. The van der Waals surface area contributed by atoms with Gasteiger partial charge in [-0.3, -0.25) is 9.78 Å². The van der Waals surface area contributed by atoms with E-state index in [1.165, 1.54) is 24.7 Å². The molecule has 0 aliphatic heterocycles. The van der Waals surface area contributed by atoms with Gasteiger partial charge >= 0.3 is 0 Å². The van der Waals surface area contributed by atoms with E-state index in [1.807, 2.05) is 0 Å². The minimum atomic E-state index is -0.595. The van der Waals surface area contributed by atoms with Gasteiger partial charge in [-0.05, 0) is 6.07 Å².